The largest absolute Gasteiger partial charge is 0.480 e. The number of nitrogens with one attached hydrogen (secondary N) is 3. The molecule has 288 valence electrons. The highest BCUT2D eigenvalue weighted by atomic mass is 16.6. The molecule has 2 heterocycles. The molecule has 0 saturated heterocycles. The summed E-state index contributed by atoms with van der Waals surface area (Å²) in [6, 6.07) is 5.11. The number of nitrogens with two attached hydrogens (primary N) is 1. The lowest BCUT2D eigenvalue weighted by Crippen LogP contribution is -2.41. The highest BCUT2D eigenvalue weighted by Gasteiger charge is 2.21. The number of aromatic amines is 1. The van der Waals surface area contributed by atoms with E-state index in [1.54, 1.807) is 12.1 Å². The van der Waals surface area contributed by atoms with Crippen molar-refractivity contribution in [3.05, 3.63) is 52.1 Å². The van der Waals surface area contributed by atoms with Gasteiger partial charge in [0, 0.05) is 30.7 Å². The van der Waals surface area contributed by atoms with Gasteiger partial charge in [0.1, 0.15) is 18.4 Å². The summed E-state index contributed by atoms with van der Waals surface area (Å²) in [5.74, 6) is 0.380. The second-order valence-corrected chi connectivity index (χ2v) is 11.3. The van der Waals surface area contributed by atoms with Crippen LogP contribution in [0.15, 0.2) is 35.3 Å². The first-order valence-electron chi connectivity index (χ1n) is 17.1. The first kappa shape index (κ1) is 42.4. The van der Waals surface area contributed by atoms with E-state index in [9.17, 15) is 24.3 Å². The molecule has 1 atom stereocenters. The van der Waals surface area contributed by atoms with Gasteiger partial charge < -0.3 is 49.9 Å². The number of nitrogen functional groups attached to an aromatic ring is 1. The molecule has 53 heavy (non-hydrogen) atoms. The third kappa shape index (κ3) is 17.4. The zero-order valence-corrected chi connectivity index (χ0v) is 29.5. The number of carbonyl (C=O) groups excluding carboxylic acids is 2. The van der Waals surface area contributed by atoms with Crippen LogP contribution in [-0.4, -0.2) is 128 Å². The van der Waals surface area contributed by atoms with Gasteiger partial charge in [0.05, 0.1) is 84.5 Å². The van der Waals surface area contributed by atoms with Crippen molar-refractivity contribution in [3.8, 4) is 12.3 Å². The predicted molar refractivity (Wildman–Crippen MR) is 192 cm³/mol. The Hall–Kier alpha value is -5.03. The lowest BCUT2D eigenvalue weighted by molar-refractivity contribution is -0.139. The molecule has 0 fully saturated rings. The van der Waals surface area contributed by atoms with E-state index < -0.39 is 23.5 Å². The summed E-state index contributed by atoms with van der Waals surface area (Å²) in [6.07, 6.45) is 7.21. The molecule has 0 radical (unpaired) electrons. The average molecular weight is 742 g/mol. The minimum Gasteiger partial charge on any atom is -0.480 e. The lowest BCUT2D eigenvalue weighted by atomic mass is 10.1. The maximum absolute atomic E-state index is 12.7. The summed E-state index contributed by atoms with van der Waals surface area (Å²) in [6.45, 7) is 5.19. The Morgan fingerprint density at radius 3 is 2.02 bits per heavy atom. The summed E-state index contributed by atoms with van der Waals surface area (Å²) in [5, 5.41) is 15.2. The van der Waals surface area contributed by atoms with Crippen LogP contribution in [0.5, 0.6) is 0 Å². The van der Waals surface area contributed by atoms with Crippen molar-refractivity contribution in [1.82, 2.24) is 25.3 Å². The van der Waals surface area contributed by atoms with Crippen molar-refractivity contribution in [2.24, 2.45) is 0 Å². The van der Waals surface area contributed by atoms with Crippen LogP contribution in [0, 0.1) is 12.3 Å². The number of fused-ring (bicyclic) bond motifs is 1. The van der Waals surface area contributed by atoms with Crippen molar-refractivity contribution >= 4 is 40.5 Å². The van der Waals surface area contributed by atoms with E-state index in [4.69, 9.17) is 40.6 Å². The van der Waals surface area contributed by atoms with Crippen molar-refractivity contribution < 1.29 is 47.9 Å². The third-order valence-electron chi connectivity index (χ3n) is 7.21. The number of ketones is 1. The summed E-state index contributed by atoms with van der Waals surface area (Å²) in [5.41, 5.74) is 6.58. The Kier molecular flexibility index (Phi) is 20.0. The van der Waals surface area contributed by atoms with E-state index in [2.05, 4.69) is 36.5 Å². The van der Waals surface area contributed by atoms with Gasteiger partial charge in [-0.15, -0.1) is 6.42 Å². The van der Waals surface area contributed by atoms with E-state index in [0.717, 1.165) is 0 Å². The number of benzene rings is 1. The molecule has 1 amide bonds. The number of aromatic nitrogens is 4. The molecule has 3 aromatic rings. The van der Waals surface area contributed by atoms with Crippen molar-refractivity contribution in [2.75, 3.05) is 90.3 Å². The second-order valence-electron chi connectivity index (χ2n) is 11.3. The molecule has 0 spiro atoms. The molecule has 3 rings (SSSR count). The number of aliphatic carboxylic acids is 1. The van der Waals surface area contributed by atoms with Crippen LogP contribution in [-0.2, 0) is 44.6 Å². The normalized spacial score (nSPS) is 11.6. The number of carboxylic acid groups (broad SMARTS) is 1. The molecule has 0 saturated carbocycles. The summed E-state index contributed by atoms with van der Waals surface area (Å²) in [4.78, 5) is 63.6. The number of carboxylic acids is 1. The average Bonchev–Trinajstić information content (AvgIpc) is 3.14. The number of H-pyrrole nitrogens is 1. The van der Waals surface area contributed by atoms with Crippen LogP contribution >= 0.6 is 0 Å². The van der Waals surface area contributed by atoms with Gasteiger partial charge in [-0.2, -0.15) is 4.98 Å². The molecule has 18 heteroatoms. The molecule has 0 aliphatic carbocycles. The number of nitrogens with zero attached hydrogens (tertiary/aromatic N) is 3. The van der Waals surface area contributed by atoms with Crippen LogP contribution in [0.2, 0.25) is 0 Å². The first-order valence-corrected chi connectivity index (χ1v) is 17.1. The van der Waals surface area contributed by atoms with E-state index >= 15 is 0 Å². The molecule has 1 aromatic carbocycles. The molecule has 0 unspecified atom stereocenters. The monoisotopic (exact) mass is 741 g/mol. The number of terminal acetylenes is 1. The Morgan fingerprint density at radius 1 is 0.849 bits per heavy atom. The van der Waals surface area contributed by atoms with Gasteiger partial charge in [0.25, 0.3) is 11.5 Å². The quantitative estimate of drug-likeness (QED) is 0.0491. The lowest BCUT2D eigenvalue weighted by Gasteiger charge is -2.14. The standard InChI is InChI=1S/C35H47N7O11/c1-2-11-48-13-15-50-17-19-52-21-22-53-20-18-51-16-14-49-12-3-4-28(43)9-10-29(34(46)47)40-32(44)25-5-7-26(8-6-25)37-23-27-24-38-31-30(39-27)33(45)42-35(36)41-31/h1,5-8,24,29,37H,3-4,9-23H2,(H,40,44)(H,46,47)(H3,36,38,41,42,45)/t29-/m0/s1. The minimum absolute atomic E-state index is 0.00182. The third-order valence-corrected chi connectivity index (χ3v) is 7.21. The van der Waals surface area contributed by atoms with Crippen LogP contribution in [0.3, 0.4) is 0 Å². The Labute approximate surface area is 306 Å². The fourth-order valence-electron chi connectivity index (χ4n) is 4.52. The van der Waals surface area contributed by atoms with E-state index in [-0.39, 0.29) is 60.9 Å². The van der Waals surface area contributed by atoms with E-state index in [1.165, 1.54) is 18.3 Å². The SMILES string of the molecule is C#CCOCCOCCOCCOCCOCCOCCCC(=O)CC[C@H](NC(=O)c1ccc(NCc2cnc3nc(N)[nH]c(=O)c3n2)cc1)C(=O)O. The highest BCUT2D eigenvalue weighted by Crippen LogP contribution is 2.13. The van der Waals surface area contributed by atoms with E-state index in [0.29, 0.717) is 90.5 Å². The van der Waals surface area contributed by atoms with Crippen LogP contribution in [0.1, 0.15) is 41.7 Å². The number of hydrogen-bond acceptors (Lipinski definition) is 15. The van der Waals surface area contributed by atoms with Crippen molar-refractivity contribution in [3.63, 3.8) is 0 Å². The first-order chi connectivity index (χ1) is 25.8. The Balaban J connectivity index is 1.19. The Morgan fingerprint density at radius 2 is 1.43 bits per heavy atom. The smallest absolute Gasteiger partial charge is 0.326 e. The predicted octanol–water partition coefficient (Wildman–Crippen LogP) is 0.953. The summed E-state index contributed by atoms with van der Waals surface area (Å²) < 4.78 is 32.2. The number of anilines is 2. The molecule has 0 aliphatic rings. The Bertz CT molecular complexity index is 1660. The van der Waals surface area contributed by atoms with Gasteiger partial charge in [-0.3, -0.25) is 19.4 Å². The topological polar surface area (TPSA) is 248 Å². The van der Waals surface area contributed by atoms with Gasteiger partial charge in [-0.1, -0.05) is 5.92 Å². The fraction of sp³-hybridized carbons (Fsp3) is 0.514. The zero-order valence-electron chi connectivity index (χ0n) is 29.5. The summed E-state index contributed by atoms with van der Waals surface area (Å²) >= 11 is 0. The number of amides is 1. The van der Waals surface area contributed by atoms with Gasteiger partial charge >= 0.3 is 5.97 Å². The van der Waals surface area contributed by atoms with Crippen molar-refractivity contribution in [1.29, 1.82) is 0 Å². The number of hydrogen-bond donors (Lipinski definition) is 5. The van der Waals surface area contributed by atoms with Crippen LogP contribution in [0.4, 0.5) is 11.6 Å². The van der Waals surface area contributed by atoms with Crippen LogP contribution in [0.25, 0.3) is 11.2 Å². The zero-order chi connectivity index (χ0) is 38.1. The fourth-order valence-corrected chi connectivity index (χ4v) is 4.52. The second kappa shape index (κ2) is 25.0. The molecular formula is C35H47N7O11. The molecule has 2 aromatic heterocycles. The van der Waals surface area contributed by atoms with Crippen LogP contribution < -0.4 is 21.9 Å². The number of rotatable bonds is 29. The number of Topliss-reactive ketones (excluding diaryl/α,β-unsaturated/α-hetero) is 1. The highest BCUT2D eigenvalue weighted by molar-refractivity contribution is 5.97. The number of carbonyl (C=O) groups is 3. The molecule has 18 nitrogen and oxygen atoms in total. The maximum atomic E-state index is 12.7. The summed E-state index contributed by atoms with van der Waals surface area (Å²) in [7, 11) is 0. The molecular weight excluding hydrogens is 694 g/mol. The molecule has 6 N–H and O–H groups in total. The molecule has 0 bridgehead atoms. The maximum Gasteiger partial charge on any atom is 0.326 e. The van der Waals surface area contributed by atoms with Gasteiger partial charge in [-0.25, -0.2) is 14.8 Å². The van der Waals surface area contributed by atoms with E-state index in [1.807, 2.05) is 0 Å². The van der Waals surface area contributed by atoms with Crippen molar-refractivity contribution in [2.45, 2.75) is 38.3 Å². The number of ether oxygens (including phenoxy) is 6. The minimum atomic E-state index is -1.24. The van der Waals surface area contributed by atoms with Gasteiger partial charge in [0.15, 0.2) is 11.2 Å². The van der Waals surface area contributed by atoms with Gasteiger partial charge in [0.2, 0.25) is 5.95 Å². The van der Waals surface area contributed by atoms with Gasteiger partial charge in [-0.05, 0) is 37.1 Å². The molecule has 0 aliphatic heterocycles.